The molecule has 1 aliphatic heterocycles. The predicted molar refractivity (Wildman–Crippen MR) is 92.2 cm³/mol. The Balaban J connectivity index is 0.00000208. The second kappa shape index (κ2) is 8.41. The summed E-state index contributed by atoms with van der Waals surface area (Å²) in [6.07, 6.45) is 1.44. The summed E-state index contributed by atoms with van der Waals surface area (Å²) in [5.74, 6) is -0.259. The zero-order valence-corrected chi connectivity index (χ0v) is 13.7. The molecular formula is C17H17ClN4O2. The first-order valence-electron chi connectivity index (χ1n) is 7.36. The van der Waals surface area contributed by atoms with E-state index in [9.17, 15) is 4.79 Å². The lowest BCUT2D eigenvalue weighted by molar-refractivity contribution is 0.0277. The topological polar surface area (TPSA) is 87.0 Å². The summed E-state index contributed by atoms with van der Waals surface area (Å²) in [6, 6.07) is 12.6. The van der Waals surface area contributed by atoms with Crippen LogP contribution in [0.3, 0.4) is 0 Å². The number of anilines is 1. The maximum atomic E-state index is 12.1. The van der Waals surface area contributed by atoms with Gasteiger partial charge in [0.05, 0.1) is 18.3 Å². The molecular weight excluding hydrogens is 328 g/mol. The first-order valence-corrected chi connectivity index (χ1v) is 7.36. The number of ether oxygens (including phenoxy) is 1. The Morgan fingerprint density at radius 2 is 2.08 bits per heavy atom. The predicted octanol–water partition coefficient (Wildman–Crippen LogP) is 2.29. The number of nitriles is 1. The zero-order chi connectivity index (χ0) is 16.1. The van der Waals surface area contributed by atoms with Gasteiger partial charge in [-0.1, -0.05) is 12.1 Å². The van der Waals surface area contributed by atoms with Gasteiger partial charge in [-0.3, -0.25) is 4.79 Å². The van der Waals surface area contributed by atoms with Crippen molar-refractivity contribution in [3.05, 3.63) is 59.4 Å². The number of carbonyl (C=O) groups is 1. The van der Waals surface area contributed by atoms with Gasteiger partial charge in [-0.15, -0.1) is 12.4 Å². The van der Waals surface area contributed by atoms with Crippen LogP contribution in [0.15, 0.2) is 42.6 Å². The number of pyridine rings is 1. The van der Waals surface area contributed by atoms with Crippen molar-refractivity contribution in [2.75, 3.05) is 25.0 Å². The van der Waals surface area contributed by atoms with Crippen molar-refractivity contribution in [2.24, 2.45) is 0 Å². The van der Waals surface area contributed by atoms with Gasteiger partial charge >= 0.3 is 0 Å². The average molecular weight is 345 g/mol. The van der Waals surface area contributed by atoms with Crippen LogP contribution in [0.2, 0.25) is 0 Å². The Morgan fingerprint density at radius 1 is 1.29 bits per heavy atom. The molecule has 1 fully saturated rings. The Kier molecular flexibility index (Phi) is 6.27. The van der Waals surface area contributed by atoms with Crippen LogP contribution in [0.5, 0.6) is 0 Å². The highest BCUT2D eigenvalue weighted by Crippen LogP contribution is 2.21. The molecule has 1 aromatic carbocycles. The Labute approximate surface area is 146 Å². The number of benzene rings is 1. The molecule has 1 aromatic heterocycles. The summed E-state index contributed by atoms with van der Waals surface area (Å²) in [6.45, 7) is 2.38. The van der Waals surface area contributed by atoms with Gasteiger partial charge in [0.1, 0.15) is 11.8 Å². The van der Waals surface area contributed by atoms with Crippen LogP contribution in [-0.4, -0.2) is 30.6 Å². The van der Waals surface area contributed by atoms with E-state index in [-0.39, 0.29) is 30.1 Å². The number of halogens is 1. The summed E-state index contributed by atoms with van der Waals surface area (Å²) in [5.41, 5.74) is 2.47. The summed E-state index contributed by atoms with van der Waals surface area (Å²) in [5, 5.41) is 14.8. The van der Waals surface area contributed by atoms with Crippen molar-refractivity contribution >= 4 is 24.0 Å². The second-order valence-corrected chi connectivity index (χ2v) is 5.18. The molecule has 1 unspecified atom stereocenters. The molecule has 1 aliphatic rings. The molecule has 0 bridgehead atoms. The lowest BCUT2D eigenvalue weighted by Gasteiger charge is -2.24. The molecule has 6 nitrogen and oxygen atoms in total. The number of hydrogen-bond acceptors (Lipinski definition) is 5. The lowest BCUT2D eigenvalue weighted by Crippen LogP contribution is -2.33. The van der Waals surface area contributed by atoms with Gasteiger partial charge in [-0.2, -0.15) is 5.26 Å². The Morgan fingerprint density at radius 3 is 2.67 bits per heavy atom. The van der Waals surface area contributed by atoms with Crippen molar-refractivity contribution in [1.29, 1.82) is 5.26 Å². The van der Waals surface area contributed by atoms with Gasteiger partial charge in [0, 0.05) is 25.0 Å². The summed E-state index contributed by atoms with van der Waals surface area (Å²) in [7, 11) is 0. The van der Waals surface area contributed by atoms with Crippen LogP contribution in [0.25, 0.3) is 0 Å². The molecule has 2 aromatic rings. The van der Waals surface area contributed by atoms with Crippen LogP contribution in [-0.2, 0) is 4.74 Å². The van der Waals surface area contributed by atoms with E-state index >= 15 is 0 Å². The second-order valence-electron chi connectivity index (χ2n) is 5.18. The van der Waals surface area contributed by atoms with E-state index in [0.717, 1.165) is 18.7 Å². The highest BCUT2D eigenvalue weighted by atomic mass is 35.5. The maximum Gasteiger partial charge on any atom is 0.257 e. The first-order chi connectivity index (χ1) is 11.3. The number of nitrogens with zero attached hydrogens (tertiary/aromatic N) is 2. The monoisotopic (exact) mass is 344 g/mol. The highest BCUT2D eigenvalue weighted by molar-refractivity contribution is 6.04. The van der Waals surface area contributed by atoms with Gasteiger partial charge in [0.2, 0.25) is 0 Å². The molecule has 0 saturated carbocycles. The Bertz CT molecular complexity index is 720. The summed E-state index contributed by atoms with van der Waals surface area (Å²) < 4.78 is 5.69. The highest BCUT2D eigenvalue weighted by Gasteiger charge is 2.15. The van der Waals surface area contributed by atoms with Crippen LogP contribution < -0.4 is 10.6 Å². The zero-order valence-electron chi connectivity index (χ0n) is 12.9. The summed E-state index contributed by atoms with van der Waals surface area (Å²) >= 11 is 0. The van der Waals surface area contributed by atoms with Gasteiger partial charge in [0.15, 0.2) is 0 Å². The minimum Gasteiger partial charge on any atom is -0.371 e. The third kappa shape index (κ3) is 4.30. The van der Waals surface area contributed by atoms with Crippen LogP contribution >= 0.6 is 12.4 Å². The van der Waals surface area contributed by atoms with Gasteiger partial charge < -0.3 is 15.4 Å². The van der Waals surface area contributed by atoms with Gasteiger partial charge in [-0.25, -0.2) is 4.98 Å². The molecule has 2 N–H and O–H groups in total. The SMILES string of the molecule is Cl.N#Cc1ccc(C(=O)Nc2ccc(C3CNCCO3)cc2)cn1. The van der Waals surface area contributed by atoms with E-state index in [1.54, 1.807) is 6.07 Å². The molecule has 1 atom stereocenters. The minimum atomic E-state index is -0.259. The Hall–Kier alpha value is -2.46. The number of hydrogen-bond donors (Lipinski definition) is 2. The molecule has 0 radical (unpaired) electrons. The number of rotatable bonds is 3. The average Bonchev–Trinajstić information content (AvgIpc) is 2.63. The van der Waals surface area contributed by atoms with E-state index in [0.29, 0.717) is 17.9 Å². The van der Waals surface area contributed by atoms with Crippen molar-refractivity contribution in [1.82, 2.24) is 10.3 Å². The largest absolute Gasteiger partial charge is 0.371 e. The van der Waals surface area contributed by atoms with Crippen molar-refractivity contribution in [2.45, 2.75) is 6.10 Å². The molecule has 124 valence electrons. The van der Waals surface area contributed by atoms with Crippen LogP contribution in [0.1, 0.15) is 27.7 Å². The molecule has 0 spiro atoms. The molecule has 1 saturated heterocycles. The number of morpholine rings is 1. The number of aromatic nitrogens is 1. The lowest BCUT2D eigenvalue weighted by atomic mass is 10.1. The molecule has 24 heavy (non-hydrogen) atoms. The fourth-order valence-electron chi connectivity index (χ4n) is 2.36. The van der Waals surface area contributed by atoms with Gasteiger partial charge in [-0.05, 0) is 29.8 Å². The first kappa shape index (κ1) is 17.9. The quantitative estimate of drug-likeness (QED) is 0.892. The van der Waals surface area contributed by atoms with E-state index in [2.05, 4.69) is 15.6 Å². The van der Waals surface area contributed by atoms with Crippen molar-refractivity contribution in [3.8, 4) is 6.07 Å². The molecule has 1 amide bonds. The van der Waals surface area contributed by atoms with Crippen LogP contribution in [0.4, 0.5) is 5.69 Å². The molecule has 2 heterocycles. The fraction of sp³-hybridized carbons (Fsp3) is 0.235. The number of carbonyl (C=O) groups excluding carboxylic acids is 1. The normalized spacial score (nSPS) is 16.5. The third-order valence-electron chi connectivity index (χ3n) is 3.61. The van der Waals surface area contributed by atoms with Gasteiger partial charge in [0.25, 0.3) is 5.91 Å². The van der Waals surface area contributed by atoms with E-state index in [4.69, 9.17) is 10.00 Å². The van der Waals surface area contributed by atoms with E-state index in [1.807, 2.05) is 30.3 Å². The maximum absolute atomic E-state index is 12.1. The standard InChI is InChI=1S/C17H16N4O2.ClH/c18-9-15-6-3-13(10-20-15)17(22)21-14-4-1-12(2-5-14)16-11-19-7-8-23-16;/h1-6,10,16,19H,7-8,11H2,(H,21,22);1H. The van der Waals surface area contributed by atoms with E-state index in [1.165, 1.54) is 12.3 Å². The van der Waals surface area contributed by atoms with Crippen molar-refractivity contribution in [3.63, 3.8) is 0 Å². The number of amides is 1. The molecule has 0 aliphatic carbocycles. The molecule has 3 rings (SSSR count). The number of nitrogens with one attached hydrogen (secondary N) is 2. The summed E-state index contributed by atoms with van der Waals surface area (Å²) in [4.78, 5) is 16.0. The third-order valence-corrected chi connectivity index (χ3v) is 3.61. The van der Waals surface area contributed by atoms with Crippen molar-refractivity contribution < 1.29 is 9.53 Å². The fourth-order valence-corrected chi connectivity index (χ4v) is 2.36. The minimum absolute atomic E-state index is 0. The van der Waals surface area contributed by atoms with Crippen LogP contribution in [0, 0.1) is 11.3 Å². The molecule has 7 heteroatoms. The van der Waals surface area contributed by atoms with E-state index < -0.39 is 0 Å². The smallest absolute Gasteiger partial charge is 0.257 e.